The maximum Gasteiger partial charge on any atom is 0.163 e. The fourth-order valence-electron chi connectivity index (χ4n) is 0.944. The maximum absolute atomic E-state index is 11.3. The van der Waals surface area contributed by atoms with Gasteiger partial charge >= 0.3 is 0 Å². The fraction of sp³-hybridized carbons (Fsp3) is 0.222. The number of carbonyl (C=O) groups is 1. The highest BCUT2D eigenvalue weighted by Crippen LogP contribution is 2.02. The SMILES string of the molecule is O=C(CCS(=O)[O-])c1ccccc1. The minimum atomic E-state index is -2.13. The second-order valence-corrected chi connectivity index (χ2v) is 3.56. The van der Waals surface area contributed by atoms with E-state index in [0.29, 0.717) is 5.56 Å². The Balaban J connectivity index is 2.54. The van der Waals surface area contributed by atoms with Gasteiger partial charge in [-0.3, -0.25) is 9.00 Å². The lowest BCUT2D eigenvalue weighted by molar-refractivity contribution is 0.0988. The molecule has 0 saturated carbocycles. The van der Waals surface area contributed by atoms with Gasteiger partial charge in [-0.15, -0.1) is 0 Å². The van der Waals surface area contributed by atoms with Crippen LogP contribution in [0.3, 0.4) is 0 Å². The van der Waals surface area contributed by atoms with Crippen LogP contribution in [0.15, 0.2) is 30.3 Å². The molecule has 0 aliphatic heterocycles. The van der Waals surface area contributed by atoms with Crippen LogP contribution in [0, 0.1) is 0 Å². The highest BCUT2D eigenvalue weighted by Gasteiger charge is 2.03. The number of hydrogen-bond acceptors (Lipinski definition) is 3. The van der Waals surface area contributed by atoms with Crippen LogP contribution in [0.4, 0.5) is 0 Å². The van der Waals surface area contributed by atoms with Gasteiger partial charge in [0.15, 0.2) is 5.78 Å². The Morgan fingerprint density at radius 1 is 1.31 bits per heavy atom. The third kappa shape index (κ3) is 3.48. The van der Waals surface area contributed by atoms with Crippen molar-refractivity contribution in [3.8, 4) is 0 Å². The van der Waals surface area contributed by atoms with Gasteiger partial charge in [-0.1, -0.05) is 41.4 Å². The zero-order chi connectivity index (χ0) is 9.68. The van der Waals surface area contributed by atoms with E-state index in [1.807, 2.05) is 6.07 Å². The first-order valence-corrected chi connectivity index (χ1v) is 5.08. The summed E-state index contributed by atoms with van der Waals surface area (Å²) < 4.78 is 20.4. The molecule has 13 heavy (non-hydrogen) atoms. The summed E-state index contributed by atoms with van der Waals surface area (Å²) in [6.45, 7) is 0. The van der Waals surface area contributed by atoms with Crippen molar-refractivity contribution in [2.24, 2.45) is 0 Å². The largest absolute Gasteiger partial charge is 0.772 e. The molecule has 0 radical (unpaired) electrons. The minimum absolute atomic E-state index is 0.0557. The first kappa shape index (κ1) is 10.1. The second kappa shape index (κ2) is 4.89. The molecule has 0 amide bonds. The number of ketones is 1. The van der Waals surface area contributed by atoms with Gasteiger partial charge in [0.25, 0.3) is 0 Å². The van der Waals surface area contributed by atoms with Crippen molar-refractivity contribution in [3.63, 3.8) is 0 Å². The van der Waals surface area contributed by atoms with Gasteiger partial charge in [-0.2, -0.15) is 0 Å². The summed E-state index contributed by atoms with van der Waals surface area (Å²) in [5, 5.41) is 0. The monoisotopic (exact) mass is 197 g/mol. The Hall–Kier alpha value is -1.00. The van der Waals surface area contributed by atoms with Gasteiger partial charge in [-0.25, -0.2) is 0 Å². The molecule has 1 atom stereocenters. The molecule has 0 fully saturated rings. The predicted octanol–water partition coefficient (Wildman–Crippen LogP) is 1.14. The molecule has 70 valence electrons. The predicted molar refractivity (Wildman–Crippen MR) is 49.2 cm³/mol. The molecule has 1 aromatic rings. The summed E-state index contributed by atoms with van der Waals surface area (Å²) in [5.74, 6) is -0.238. The van der Waals surface area contributed by atoms with Crippen LogP contribution in [0.5, 0.6) is 0 Å². The Bertz CT molecular complexity index is 308. The van der Waals surface area contributed by atoms with Crippen LogP contribution in [-0.2, 0) is 11.1 Å². The van der Waals surface area contributed by atoms with Crippen molar-refractivity contribution in [2.45, 2.75) is 6.42 Å². The van der Waals surface area contributed by atoms with E-state index in [-0.39, 0.29) is 18.0 Å². The molecular formula is C9H9O3S-. The van der Waals surface area contributed by atoms with Gasteiger partial charge in [0.2, 0.25) is 0 Å². The van der Waals surface area contributed by atoms with Crippen molar-refractivity contribution in [1.82, 2.24) is 0 Å². The third-order valence-electron chi connectivity index (χ3n) is 1.59. The van der Waals surface area contributed by atoms with E-state index < -0.39 is 11.1 Å². The molecule has 1 aromatic carbocycles. The normalized spacial score (nSPS) is 12.4. The summed E-state index contributed by atoms with van der Waals surface area (Å²) in [6.07, 6.45) is 0.0557. The molecule has 0 aliphatic carbocycles. The standard InChI is InChI=1S/C9H10O3S/c10-9(6-7-13(11)12)8-4-2-1-3-5-8/h1-5H,6-7H2,(H,11,12)/p-1. The first-order valence-electron chi connectivity index (χ1n) is 3.84. The van der Waals surface area contributed by atoms with E-state index in [9.17, 15) is 13.6 Å². The Morgan fingerprint density at radius 2 is 1.92 bits per heavy atom. The van der Waals surface area contributed by atoms with Crippen LogP contribution in [0.1, 0.15) is 16.8 Å². The van der Waals surface area contributed by atoms with Crippen molar-refractivity contribution in [3.05, 3.63) is 35.9 Å². The maximum atomic E-state index is 11.3. The van der Waals surface area contributed by atoms with E-state index in [2.05, 4.69) is 0 Å². The number of rotatable bonds is 4. The van der Waals surface area contributed by atoms with Crippen LogP contribution >= 0.6 is 0 Å². The van der Waals surface area contributed by atoms with E-state index in [4.69, 9.17) is 0 Å². The molecule has 0 saturated heterocycles. The van der Waals surface area contributed by atoms with Crippen LogP contribution in [0.25, 0.3) is 0 Å². The lowest BCUT2D eigenvalue weighted by atomic mass is 10.1. The zero-order valence-electron chi connectivity index (χ0n) is 6.93. The molecule has 3 nitrogen and oxygen atoms in total. The summed E-state index contributed by atoms with van der Waals surface area (Å²) in [5.41, 5.74) is 0.563. The van der Waals surface area contributed by atoms with Crippen LogP contribution < -0.4 is 0 Å². The summed E-state index contributed by atoms with van der Waals surface area (Å²) >= 11 is -2.13. The van der Waals surface area contributed by atoms with Crippen molar-refractivity contribution in [1.29, 1.82) is 0 Å². The van der Waals surface area contributed by atoms with Crippen molar-refractivity contribution < 1.29 is 13.6 Å². The molecule has 0 bridgehead atoms. The van der Waals surface area contributed by atoms with Gasteiger partial charge in [0, 0.05) is 17.7 Å². The number of benzene rings is 1. The average Bonchev–Trinajstić information content (AvgIpc) is 2.15. The van der Waals surface area contributed by atoms with Gasteiger partial charge < -0.3 is 4.55 Å². The molecule has 0 aliphatic rings. The van der Waals surface area contributed by atoms with Gasteiger partial charge in [0.1, 0.15) is 0 Å². The summed E-state index contributed by atoms with van der Waals surface area (Å²) in [7, 11) is 0. The molecule has 0 spiro atoms. The Labute approximate surface area is 79.1 Å². The van der Waals surface area contributed by atoms with E-state index >= 15 is 0 Å². The molecule has 1 rings (SSSR count). The van der Waals surface area contributed by atoms with Crippen molar-refractivity contribution >= 4 is 16.9 Å². The molecular weight excluding hydrogens is 188 g/mol. The minimum Gasteiger partial charge on any atom is -0.772 e. The highest BCUT2D eigenvalue weighted by molar-refractivity contribution is 7.79. The quantitative estimate of drug-likeness (QED) is 0.537. The number of hydrogen-bond donors (Lipinski definition) is 0. The summed E-state index contributed by atoms with van der Waals surface area (Å²) in [6, 6.07) is 8.66. The highest BCUT2D eigenvalue weighted by atomic mass is 32.2. The molecule has 0 N–H and O–H groups in total. The Morgan fingerprint density at radius 3 is 2.46 bits per heavy atom. The molecule has 0 heterocycles. The average molecular weight is 197 g/mol. The van der Waals surface area contributed by atoms with E-state index in [1.165, 1.54) is 0 Å². The summed E-state index contributed by atoms with van der Waals surface area (Å²) in [4.78, 5) is 11.3. The third-order valence-corrected chi connectivity index (χ3v) is 2.13. The Kier molecular flexibility index (Phi) is 3.79. The van der Waals surface area contributed by atoms with Crippen LogP contribution in [-0.4, -0.2) is 20.3 Å². The van der Waals surface area contributed by atoms with E-state index in [0.717, 1.165) is 0 Å². The second-order valence-electron chi connectivity index (χ2n) is 2.55. The van der Waals surface area contributed by atoms with Crippen LogP contribution in [0.2, 0.25) is 0 Å². The smallest absolute Gasteiger partial charge is 0.163 e. The lowest BCUT2D eigenvalue weighted by Gasteiger charge is -2.03. The molecule has 4 heteroatoms. The van der Waals surface area contributed by atoms with E-state index in [1.54, 1.807) is 24.3 Å². The van der Waals surface area contributed by atoms with Gasteiger partial charge in [0.05, 0.1) is 0 Å². The first-order chi connectivity index (χ1) is 6.20. The van der Waals surface area contributed by atoms with Crippen molar-refractivity contribution in [2.75, 3.05) is 5.75 Å². The van der Waals surface area contributed by atoms with Gasteiger partial charge in [-0.05, 0) is 0 Å². The lowest BCUT2D eigenvalue weighted by Crippen LogP contribution is -2.05. The number of Topliss-reactive ketones (excluding diaryl/α,β-unsaturated/α-hetero) is 1. The zero-order valence-corrected chi connectivity index (χ0v) is 7.75. The fourth-order valence-corrected chi connectivity index (χ4v) is 1.30. The molecule has 1 unspecified atom stereocenters. The number of carbonyl (C=O) groups excluding carboxylic acids is 1. The molecule has 0 aromatic heterocycles. The topological polar surface area (TPSA) is 57.2 Å².